The van der Waals surface area contributed by atoms with Crippen LogP contribution in [-0.2, 0) is 12.8 Å². The molecule has 6 aromatic carbocycles. The lowest BCUT2D eigenvalue weighted by atomic mass is 9.88. The van der Waals surface area contributed by atoms with E-state index >= 15 is 0 Å². The third-order valence-corrected chi connectivity index (χ3v) is 9.91. The van der Waals surface area contributed by atoms with Crippen LogP contribution >= 0.6 is 0 Å². The normalized spacial score (nSPS) is 13.6. The largest absolute Gasteiger partial charge is 0.456 e. The molecule has 0 spiro atoms. The van der Waals surface area contributed by atoms with Gasteiger partial charge < -0.3 is 8.83 Å². The van der Waals surface area contributed by atoms with Gasteiger partial charge in [0, 0.05) is 21.9 Å². The first-order valence-corrected chi connectivity index (χ1v) is 16.2. The Morgan fingerprint density at radius 3 is 1.25 bits per heavy atom. The topological polar surface area (TPSA) is 26.3 Å². The van der Waals surface area contributed by atoms with Crippen molar-refractivity contribution in [2.75, 3.05) is 0 Å². The van der Waals surface area contributed by atoms with Crippen LogP contribution in [0.1, 0.15) is 51.7 Å². The first-order chi connectivity index (χ1) is 21.5. The molecule has 2 heteroatoms. The van der Waals surface area contributed by atoms with E-state index in [0.29, 0.717) is 11.8 Å². The van der Waals surface area contributed by atoms with Crippen molar-refractivity contribution < 1.29 is 8.83 Å². The van der Waals surface area contributed by atoms with Crippen LogP contribution in [0.3, 0.4) is 0 Å². The molecule has 2 aliphatic heterocycles. The minimum Gasteiger partial charge on any atom is -0.456 e. The van der Waals surface area contributed by atoms with E-state index in [4.69, 9.17) is 8.83 Å². The summed E-state index contributed by atoms with van der Waals surface area (Å²) in [5.74, 6) is 1.39. The molecule has 0 saturated heterocycles. The molecule has 2 atom stereocenters. The Labute approximate surface area is 259 Å². The van der Waals surface area contributed by atoms with Crippen molar-refractivity contribution in [3.05, 3.63) is 108 Å². The van der Waals surface area contributed by atoms with Crippen LogP contribution in [0, 0.1) is 11.8 Å². The van der Waals surface area contributed by atoms with Crippen molar-refractivity contribution in [2.24, 2.45) is 11.8 Å². The van der Waals surface area contributed by atoms with E-state index < -0.39 is 0 Å². The molecule has 6 aromatic rings. The van der Waals surface area contributed by atoms with Crippen molar-refractivity contribution in [3.63, 3.8) is 0 Å². The standard InChI is InChI=1S/C42H38O2/c1-5-25(3)19-27-7-11-29(12-8-27)33-21-31-15-17-36-41-39(31)37(23-33)43-35-18-16-32-22-34(24-38(44-36)40(32)42(35)41)30-13-9-28(10-14-30)20-26(4)6-2/h7-18,21-26H,5-6,19-20H2,1-4H3. The number of hydrogen-bond donors (Lipinski definition) is 0. The molecule has 0 fully saturated rings. The highest BCUT2D eigenvalue weighted by atomic mass is 16.3. The summed E-state index contributed by atoms with van der Waals surface area (Å²) in [7, 11) is 0. The summed E-state index contributed by atoms with van der Waals surface area (Å²) in [6.07, 6.45) is 4.64. The van der Waals surface area contributed by atoms with Gasteiger partial charge in [-0.3, -0.25) is 0 Å². The number of rotatable bonds is 8. The SMILES string of the molecule is CCC(C)Cc1ccc(-c2cc3ccc4oc5cc(-c6ccc(CC(C)CC)cc6)cc6ccc7oc(c2)c3c4-c7c65)cc1. The van der Waals surface area contributed by atoms with Crippen LogP contribution in [0.15, 0.2) is 106 Å². The van der Waals surface area contributed by atoms with Gasteiger partial charge in [-0.2, -0.15) is 0 Å². The second kappa shape index (κ2) is 10.6. The summed E-state index contributed by atoms with van der Waals surface area (Å²) in [4.78, 5) is 0. The molecule has 2 unspecified atom stereocenters. The minimum absolute atomic E-state index is 0.696. The minimum atomic E-state index is 0.696. The molecule has 0 amide bonds. The lowest BCUT2D eigenvalue weighted by Gasteiger charge is -2.20. The maximum Gasteiger partial charge on any atom is 0.136 e. The third kappa shape index (κ3) is 4.47. The van der Waals surface area contributed by atoms with Crippen molar-refractivity contribution in [3.8, 4) is 33.4 Å². The molecule has 218 valence electrons. The molecule has 0 N–H and O–H groups in total. The quantitative estimate of drug-likeness (QED) is 0.133. The van der Waals surface area contributed by atoms with Gasteiger partial charge in [0.1, 0.15) is 22.3 Å². The van der Waals surface area contributed by atoms with Gasteiger partial charge in [-0.15, -0.1) is 0 Å². The van der Waals surface area contributed by atoms with Crippen LogP contribution in [0.5, 0.6) is 0 Å². The zero-order valence-corrected chi connectivity index (χ0v) is 26.0. The third-order valence-electron chi connectivity index (χ3n) is 9.91. The van der Waals surface area contributed by atoms with Gasteiger partial charge in [-0.05, 0) is 105 Å². The fourth-order valence-electron chi connectivity index (χ4n) is 6.97. The maximum absolute atomic E-state index is 6.71. The summed E-state index contributed by atoms with van der Waals surface area (Å²) in [5.41, 5.74) is 13.4. The molecule has 0 saturated carbocycles. The van der Waals surface area contributed by atoms with Gasteiger partial charge >= 0.3 is 0 Å². The van der Waals surface area contributed by atoms with Gasteiger partial charge in [-0.1, -0.05) is 101 Å². The Morgan fingerprint density at radius 2 is 0.864 bits per heavy atom. The summed E-state index contributed by atoms with van der Waals surface area (Å²) in [6, 6.07) is 35.7. The Morgan fingerprint density at radius 1 is 0.455 bits per heavy atom. The van der Waals surface area contributed by atoms with Crippen molar-refractivity contribution >= 4 is 43.9 Å². The van der Waals surface area contributed by atoms with Crippen molar-refractivity contribution in [2.45, 2.75) is 53.4 Å². The molecule has 0 aromatic heterocycles. The van der Waals surface area contributed by atoms with Crippen LogP contribution in [-0.4, -0.2) is 0 Å². The molecule has 8 rings (SSSR count). The van der Waals surface area contributed by atoms with E-state index in [-0.39, 0.29) is 0 Å². The summed E-state index contributed by atoms with van der Waals surface area (Å²) < 4.78 is 13.4. The molecule has 2 aliphatic rings. The highest BCUT2D eigenvalue weighted by molar-refractivity contribution is 6.24. The molecule has 0 aliphatic carbocycles. The molecular weight excluding hydrogens is 536 g/mol. The van der Waals surface area contributed by atoms with Crippen molar-refractivity contribution in [1.29, 1.82) is 0 Å². The average molecular weight is 575 g/mol. The number of benzene rings is 6. The van der Waals surface area contributed by atoms with Crippen LogP contribution in [0.2, 0.25) is 0 Å². The highest BCUT2D eigenvalue weighted by Crippen LogP contribution is 2.49. The molecule has 0 bridgehead atoms. The van der Waals surface area contributed by atoms with Gasteiger partial charge in [0.25, 0.3) is 0 Å². The first-order valence-electron chi connectivity index (χ1n) is 16.2. The summed E-state index contributed by atoms with van der Waals surface area (Å²) in [6.45, 7) is 9.16. The van der Waals surface area contributed by atoms with E-state index in [1.54, 1.807) is 0 Å². The molecule has 44 heavy (non-hydrogen) atoms. The number of hydrogen-bond acceptors (Lipinski definition) is 2. The molecular formula is C42H38O2. The van der Waals surface area contributed by atoms with E-state index in [1.165, 1.54) is 57.0 Å². The van der Waals surface area contributed by atoms with E-state index in [2.05, 4.69) is 125 Å². The van der Waals surface area contributed by atoms with Crippen molar-refractivity contribution in [1.82, 2.24) is 0 Å². The lowest BCUT2D eigenvalue weighted by molar-refractivity contribution is 0.560. The van der Waals surface area contributed by atoms with E-state index in [0.717, 1.165) is 57.1 Å². The Balaban J connectivity index is 1.25. The maximum atomic E-state index is 6.71. The summed E-state index contributed by atoms with van der Waals surface area (Å²) >= 11 is 0. The lowest BCUT2D eigenvalue weighted by Crippen LogP contribution is -1.97. The smallest absolute Gasteiger partial charge is 0.136 e. The Bertz CT molecular complexity index is 2050. The van der Waals surface area contributed by atoms with Gasteiger partial charge in [-0.25, -0.2) is 0 Å². The molecule has 2 heterocycles. The van der Waals surface area contributed by atoms with Gasteiger partial charge in [0.2, 0.25) is 0 Å². The van der Waals surface area contributed by atoms with Crippen LogP contribution in [0.25, 0.3) is 77.3 Å². The van der Waals surface area contributed by atoms with Gasteiger partial charge in [0.05, 0.1) is 0 Å². The zero-order valence-electron chi connectivity index (χ0n) is 26.0. The zero-order chi connectivity index (χ0) is 29.9. The van der Waals surface area contributed by atoms with Crippen LogP contribution in [0.4, 0.5) is 0 Å². The van der Waals surface area contributed by atoms with E-state index in [9.17, 15) is 0 Å². The second-order valence-corrected chi connectivity index (χ2v) is 13.1. The predicted octanol–water partition coefficient (Wildman–Crippen LogP) is 12.5. The van der Waals surface area contributed by atoms with E-state index in [1.807, 2.05) is 0 Å². The predicted molar refractivity (Wildman–Crippen MR) is 186 cm³/mol. The molecule has 2 nitrogen and oxygen atoms in total. The highest BCUT2D eigenvalue weighted by Gasteiger charge is 2.25. The first kappa shape index (κ1) is 27.0. The molecule has 0 radical (unpaired) electrons. The average Bonchev–Trinajstić information content (AvgIpc) is 3.06. The Hall–Kier alpha value is -4.56. The van der Waals surface area contributed by atoms with Crippen LogP contribution < -0.4 is 0 Å². The fraction of sp³-hybridized carbons (Fsp3) is 0.238. The second-order valence-electron chi connectivity index (χ2n) is 13.1. The Kier molecular flexibility index (Phi) is 6.48. The fourth-order valence-corrected chi connectivity index (χ4v) is 6.97. The summed E-state index contributed by atoms with van der Waals surface area (Å²) in [5, 5.41) is 4.60. The van der Waals surface area contributed by atoms with Gasteiger partial charge in [0.15, 0.2) is 0 Å². The monoisotopic (exact) mass is 574 g/mol.